The van der Waals surface area contributed by atoms with Gasteiger partial charge in [-0.25, -0.2) is 4.21 Å². The first-order valence-electron chi connectivity index (χ1n) is 5.13. The minimum atomic E-state index is -5.53. The standard InChI is InChI=1S/C9H6F6N2O4S/c1-4-2-5(9(12,13)14)7(6(3-4)17(18)19)16-22(20,21-15)8(10)11/h2-3,8H,1H3. The van der Waals surface area contributed by atoms with Crippen molar-refractivity contribution in [2.24, 2.45) is 4.36 Å². The summed E-state index contributed by atoms with van der Waals surface area (Å²) < 4.78 is 91.5. The van der Waals surface area contributed by atoms with Crippen LogP contribution in [0.3, 0.4) is 0 Å². The van der Waals surface area contributed by atoms with E-state index < -0.39 is 43.8 Å². The number of nitro groups is 1. The highest BCUT2D eigenvalue weighted by Gasteiger charge is 2.39. The largest absolute Gasteiger partial charge is 0.418 e. The molecule has 13 heteroatoms. The second kappa shape index (κ2) is 6.08. The summed E-state index contributed by atoms with van der Waals surface area (Å²) in [6, 6.07) is 0.938. The average Bonchev–Trinajstić information content (AvgIpc) is 2.38. The van der Waals surface area contributed by atoms with Crippen LogP contribution in [0.5, 0.6) is 0 Å². The van der Waals surface area contributed by atoms with E-state index in [2.05, 4.69) is 8.75 Å². The lowest BCUT2D eigenvalue weighted by molar-refractivity contribution is -0.384. The van der Waals surface area contributed by atoms with E-state index in [0.29, 0.717) is 12.1 Å². The summed E-state index contributed by atoms with van der Waals surface area (Å²) in [4.78, 5) is 9.40. The molecule has 0 amide bonds. The van der Waals surface area contributed by atoms with E-state index in [9.17, 15) is 40.8 Å². The van der Waals surface area contributed by atoms with E-state index in [0.717, 1.165) is 6.92 Å². The van der Waals surface area contributed by atoms with Crippen LogP contribution in [-0.4, -0.2) is 14.9 Å². The molecule has 0 bridgehead atoms. The lowest BCUT2D eigenvalue weighted by Gasteiger charge is -2.12. The molecule has 1 aromatic carbocycles. The molecule has 0 aromatic heterocycles. The maximum Gasteiger partial charge on any atom is 0.418 e. The summed E-state index contributed by atoms with van der Waals surface area (Å²) in [6.45, 7) is 1.07. The van der Waals surface area contributed by atoms with Crippen molar-refractivity contribution in [1.82, 2.24) is 0 Å². The smallest absolute Gasteiger partial charge is 0.258 e. The number of hydrogen-bond donors (Lipinski definition) is 0. The Labute approximate surface area is 119 Å². The van der Waals surface area contributed by atoms with Gasteiger partial charge in [0, 0.05) is 6.07 Å². The zero-order chi connectivity index (χ0) is 17.3. The van der Waals surface area contributed by atoms with Crippen molar-refractivity contribution in [1.29, 1.82) is 0 Å². The molecule has 0 heterocycles. The van der Waals surface area contributed by atoms with Gasteiger partial charge >= 0.3 is 11.9 Å². The van der Waals surface area contributed by atoms with Crippen LogP contribution in [0.1, 0.15) is 11.1 Å². The number of alkyl halides is 5. The molecule has 1 atom stereocenters. The van der Waals surface area contributed by atoms with E-state index in [4.69, 9.17) is 0 Å². The molecule has 0 N–H and O–H groups in total. The van der Waals surface area contributed by atoms with Gasteiger partial charge in [-0.3, -0.25) is 10.1 Å². The molecule has 0 fully saturated rings. The van der Waals surface area contributed by atoms with Gasteiger partial charge in [-0.15, -0.1) is 0 Å². The highest BCUT2D eigenvalue weighted by atomic mass is 32.2. The fraction of sp³-hybridized carbons (Fsp3) is 0.333. The predicted molar refractivity (Wildman–Crippen MR) is 61.3 cm³/mol. The lowest BCUT2D eigenvalue weighted by Crippen LogP contribution is -2.13. The fourth-order valence-corrected chi connectivity index (χ4v) is 2.03. The molecule has 6 nitrogen and oxygen atoms in total. The third-order valence-electron chi connectivity index (χ3n) is 2.27. The summed E-state index contributed by atoms with van der Waals surface area (Å²) in [7, 11) is -5.53. The number of nitro benzene ring substituents is 1. The van der Waals surface area contributed by atoms with Crippen LogP contribution < -0.4 is 0 Å². The number of rotatable bonds is 4. The zero-order valence-electron chi connectivity index (χ0n) is 10.4. The third kappa shape index (κ3) is 3.65. The predicted octanol–water partition coefficient (Wildman–Crippen LogP) is 4.06. The monoisotopic (exact) mass is 352 g/mol. The molecular weight excluding hydrogens is 346 g/mol. The molecule has 124 valence electrons. The number of aryl methyl sites for hydroxylation is 1. The van der Waals surface area contributed by atoms with Gasteiger partial charge in [0.15, 0.2) is 5.69 Å². The summed E-state index contributed by atoms with van der Waals surface area (Å²) in [6.07, 6.45) is -5.24. The maximum atomic E-state index is 12.9. The normalized spacial score (nSPS) is 14.7. The van der Waals surface area contributed by atoms with Crippen LogP contribution in [0.4, 0.5) is 37.9 Å². The van der Waals surface area contributed by atoms with Crippen LogP contribution in [0.25, 0.3) is 0 Å². The minimum Gasteiger partial charge on any atom is -0.258 e. The van der Waals surface area contributed by atoms with Gasteiger partial charge < -0.3 is 0 Å². The Balaban J connectivity index is 3.89. The Kier molecular flexibility index (Phi) is 5.02. The number of benzene rings is 1. The Morgan fingerprint density at radius 1 is 1.36 bits per heavy atom. The Morgan fingerprint density at radius 2 is 1.91 bits per heavy atom. The first-order chi connectivity index (χ1) is 9.92. The van der Waals surface area contributed by atoms with Crippen LogP contribution in [0.2, 0.25) is 0 Å². The van der Waals surface area contributed by atoms with Gasteiger partial charge in [0.2, 0.25) is 0 Å². The SMILES string of the molecule is Cc1cc([N+](=O)[O-])c(N=S(=O)(OF)C(F)F)c(C(F)(F)F)c1. The third-order valence-corrected chi connectivity index (χ3v) is 3.34. The molecule has 1 unspecified atom stereocenters. The highest BCUT2D eigenvalue weighted by molar-refractivity contribution is 7.89. The summed E-state index contributed by atoms with van der Waals surface area (Å²) >= 11 is 0. The van der Waals surface area contributed by atoms with Gasteiger partial charge in [-0.2, -0.15) is 26.3 Å². The highest BCUT2D eigenvalue weighted by Crippen LogP contribution is 2.43. The first-order valence-corrected chi connectivity index (χ1v) is 6.63. The second-order valence-electron chi connectivity index (χ2n) is 3.86. The van der Waals surface area contributed by atoms with Crippen molar-refractivity contribution < 1.29 is 40.0 Å². The number of halogens is 6. The molecule has 0 radical (unpaired) electrons. The van der Waals surface area contributed by atoms with Gasteiger partial charge in [0.05, 0.1) is 10.5 Å². The summed E-state index contributed by atoms with van der Waals surface area (Å²) in [5, 5.41) is 10.8. The minimum absolute atomic E-state index is 0.234. The Hall–Kier alpha value is -1.89. The van der Waals surface area contributed by atoms with E-state index in [1.54, 1.807) is 0 Å². The first kappa shape index (κ1) is 18.2. The van der Waals surface area contributed by atoms with Crippen LogP contribution in [0.15, 0.2) is 16.5 Å². The van der Waals surface area contributed by atoms with Crippen LogP contribution in [0, 0.1) is 17.0 Å². The number of nitrogens with zero attached hydrogens (tertiary/aromatic N) is 2. The lowest BCUT2D eigenvalue weighted by atomic mass is 10.1. The van der Waals surface area contributed by atoms with Crippen molar-refractivity contribution >= 4 is 21.4 Å². The topological polar surface area (TPSA) is 81.8 Å². The summed E-state index contributed by atoms with van der Waals surface area (Å²) in [5.41, 5.74) is -5.11. The molecule has 0 aliphatic heterocycles. The van der Waals surface area contributed by atoms with Crippen molar-refractivity contribution in [3.8, 4) is 0 Å². The van der Waals surface area contributed by atoms with Crippen LogP contribution in [-0.2, 0) is 20.6 Å². The van der Waals surface area contributed by atoms with Gasteiger partial charge in [0.1, 0.15) is 0 Å². The Morgan fingerprint density at radius 3 is 2.27 bits per heavy atom. The summed E-state index contributed by atoms with van der Waals surface area (Å²) in [5.74, 6) is -4.13. The van der Waals surface area contributed by atoms with Crippen molar-refractivity contribution in [2.75, 3.05) is 0 Å². The molecule has 0 saturated heterocycles. The maximum absolute atomic E-state index is 12.9. The molecule has 0 aliphatic rings. The molecule has 22 heavy (non-hydrogen) atoms. The second-order valence-corrected chi connectivity index (χ2v) is 5.56. The molecule has 0 aliphatic carbocycles. The van der Waals surface area contributed by atoms with E-state index in [1.165, 1.54) is 0 Å². The molecule has 0 spiro atoms. The van der Waals surface area contributed by atoms with Crippen molar-refractivity contribution in [3.63, 3.8) is 0 Å². The van der Waals surface area contributed by atoms with Gasteiger partial charge in [-0.05, 0) is 23.1 Å². The molecular formula is C9H6F6N2O4S. The van der Waals surface area contributed by atoms with E-state index in [1.807, 2.05) is 0 Å². The van der Waals surface area contributed by atoms with Gasteiger partial charge in [0.25, 0.3) is 15.7 Å². The van der Waals surface area contributed by atoms with E-state index in [-0.39, 0.29) is 5.56 Å². The van der Waals surface area contributed by atoms with Crippen LogP contribution >= 0.6 is 0 Å². The van der Waals surface area contributed by atoms with Crippen molar-refractivity contribution in [3.05, 3.63) is 33.4 Å². The zero-order valence-corrected chi connectivity index (χ0v) is 11.3. The van der Waals surface area contributed by atoms with E-state index >= 15 is 0 Å². The van der Waals surface area contributed by atoms with Gasteiger partial charge in [-0.1, -0.05) is 4.39 Å². The van der Waals surface area contributed by atoms with Crippen molar-refractivity contribution in [2.45, 2.75) is 18.9 Å². The Bertz CT molecular complexity index is 711. The quantitative estimate of drug-likeness (QED) is 0.465. The molecule has 1 rings (SSSR count). The number of hydrogen-bond acceptors (Lipinski definition) is 5. The molecule has 1 aromatic rings. The fourth-order valence-electron chi connectivity index (χ4n) is 1.42. The average molecular weight is 352 g/mol. The molecule has 0 saturated carbocycles.